The summed E-state index contributed by atoms with van der Waals surface area (Å²) in [5.41, 5.74) is 0.966. The molecule has 3 aromatic carbocycles. The van der Waals surface area contributed by atoms with Gasteiger partial charge in [-0.05, 0) is 56.5 Å². The van der Waals surface area contributed by atoms with Crippen LogP contribution in [-0.2, 0) is 14.8 Å². The Kier molecular flexibility index (Phi) is 13.0. The van der Waals surface area contributed by atoms with E-state index in [1.807, 2.05) is 93.4 Å². The van der Waals surface area contributed by atoms with E-state index in [0.717, 1.165) is 22.4 Å². The number of hydrazine groups is 1. The van der Waals surface area contributed by atoms with Gasteiger partial charge in [0.2, 0.25) is 0 Å². The lowest BCUT2D eigenvalue weighted by atomic mass is 9.77. The molecule has 4 aromatic rings. The van der Waals surface area contributed by atoms with Crippen LogP contribution in [0.4, 0.5) is 0 Å². The van der Waals surface area contributed by atoms with Gasteiger partial charge < -0.3 is 18.9 Å². The highest BCUT2D eigenvalue weighted by Crippen LogP contribution is 2.46. The van der Waals surface area contributed by atoms with Gasteiger partial charge in [-0.15, -0.1) is 0 Å². The number of ether oxygens (including phenoxy) is 2. The first-order chi connectivity index (χ1) is 24.6. The average Bonchev–Trinajstić information content (AvgIpc) is 3.52. The summed E-state index contributed by atoms with van der Waals surface area (Å²) in [6, 6.07) is 31.7. The van der Waals surface area contributed by atoms with E-state index in [9.17, 15) is 19.7 Å². The van der Waals surface area contributed by atoms with Crippen molar-refractivity contribution in [1.29, 1.82) is 5.26 Å². The summed E-state index contributed by atoms with van der Waals surface area (Å²) in [5, 5.41) is 15.3. The quantitative estimate of drug-likeness (QED) is 0.0798. The molecule has 1 saturated heterocycles. The third kappa shape index (κ3) is 8.66. The first kappa shape index (κ1) is 38.1. The van der Waals surface area contributed by atoms with E-state index in [2.05, 4.69) is 40.6 Å². The second kappa shape index (κ2) is 17.4. The Morgan fingerprint density at radius 3 is 2.10 bits per heavy atom. The highest BCUT2D eigenvalue weighted by atomic mass is 31.2. The van der Waals surface area contributed by atoms with Crippen LogP contribution in [-0.4, -0.2) is 68.7 Å². The molecule has 1 unspecified atom stereocenters. The molecule has 0 spiro atoms. The first-order valence-corrected chi connectivity index (χ1v) is 18.3. The lowest BCUT2D eigenvalue weighted by molar-refractivity contribution is -0.0363. The number of rotatable bonds is 16. The van der Waals surface area contributed by atoms with Gasteiger partial charge in [-0.25, -0.2) is 9.80 Å². The third-order valence-corrected chi connectivity index (χ3v) is 10.3. The Hall–Kier alpha value is -4.18. The number of H-pyrrole nitrogens is 1. The standard InChI is InChI=1S/C38H47N6O6P/c1-27(2)44(28(3)4)43(23-12-22-39)51(47)50-33-25-36(42-24-21-35(45)41-37(42)46)49-34(33)26-40-38(29-13-8-6-9-14-29,30-15-10-7-11-16-30)31-17-19-32(48-5)20-18-31/h6-11,13-21,24,27-28,33-34,36,40,47H,12,23,25-26H2,1-5H3,(H,41,45,46)/t33-,34+,36+,51?/m0/s1. The molecule has 1 aliphatic rings. The summed E-state index contributed by atoms with van der Waals surface area (Å²) in [7, 11) is -0.598. The van der Waals surface area contributed by atoms with E-state index in [-0.39, 0.29) is 38.0 Å². The Morgan fingerprint density at radius 2 is 1.57 bits per heavy atom. The monoisotopic (exact) mass is 714 g/mol. The molecule has 4 atom stereocenters. The molecule has 0 amide bonds. The molecule has 0 saturated carbocycles. The Balaban J connectivity index is 1.55. The predicted molar refractivity (Wildman–Crippen MR) is 197 cm³/mol. The molecule has 270 valence electrons. The molecular weight excluding hydrogens is 667 g/mol. The maximum absolute atomic E-state index is 12.9. The van der Waals surface area contributed by atoms with Crippen molar-refractivity contribution in [1.82, 2.24) is 24.7 Å². The molecule has 1 aromatic heterocycles. The summed E-state index contributed by atoms with van der Waals surface area (Å²) < 4.78 is 21.7. The smallest absolute Gasteiger partial charge is 0.330 e. The lowest BCUT2D eigenvalue weighted by Gasteiger charge is -2.42. The van der Waals surface area contributed by atoms with Crippen LogP contribution < -0.4 is 21.3 Å². The number of hydrogen-bond acceptors (Lipinski definition) is 10. The maximum atomic E-state index is 12.9. The van der Waals surface area contributed by atoms with Crippen LogP contribution in [0.1, 0.15) is 63.5 Å². The van der Waals surface area contributed by atoms with Crippen molar-refractivity contribution in [2.45, 2.75) is 76.6 Å². The second-order valence-electron chi connectivity index (χ2n) is 12.9. The summed E-state index contributed by atoms with van der Waals surface area (Å²) in [6.07, 6.45) is -0.284. The molecule has 5 rings (SSSR count). The number of methoxy groups -OCH3 is 1. The lowest BCUT2D eigenvalue weighted by Crippen LogP contribution is -2.50. The van der Waals surface area contributed by atoms with Crippen molar-refractivity contribution in [3.05, 3.63) is 135 Å². The van der Waals surface area contributed by atoms with Crippen molar-refractivity contribution >= 4 is 8.53 Å². The number of benzene rings is 3. The van der Waals surface area contributed by atoms with Gasteiger partial charge in [0.15, 0.2) is 0 Å². The van der Waals surface area contributed by atoms with E-state index in [4.69, 9.17) is 14.0 Å². The van der Waals surface area contributed by atoms with Gasteiger partial charge in [0.1, 0.15) is 12.0 Å². The Morgan fingerprint density at radius 1 is 0.980 bits per heavy atom. The van der Waals surface area contributed by atoms with E-state index >= 15 is 0 Å². The summed E-state index contributed by atoms with van der Waals surface area (Å²) in [5.74, 6) is 0.727. The number of nitrogens with zero attached hydrogens (tertiary/aromatic N) is 4. The Labute approximate surface area is 300 Å². The van der Waals surface area contributed by atoms with Crippen molar-refractivity contribution in [3.8, 4) is 11.8 Å². The van der Waals surface area contributed by atoms with Crippen LogP contribution in [0.2, 0.25) is 0 Å². The summed E-state index contributed by atoms with van der Waals surface area (Å²) in [4.78, 5) is 38.9. The number of aromatic nitrogens is 2. The topological polar surface area (TPSA) is 145 Å². The van der Waals surface area contributed by atoms with Gasteiger partial charge in [0.25, 0.3) is 14.1 Å². The Bertz CT molecular complexity index is 1800. The molecule has 1 aliphatic heterocycles. The normalized spacial score (nSPS) is 18.4. The molecule has 0 aliphatic carbocycles. The minimum absolute atomic E-state index is 0.0241. The van der Waals surface area contributed by atoms with Crippen LogP contribution in [0, 0.1) is 11.3 Å². The molecule has 0 radical (unpaired) electrons. The maximum Gasteiger partial charge on any atom is 0.330 e. The SMILES string of the molecule is COc1ccc(C(NC[C@H]2O[C@@H](n3ccc(=O)[nH]c3=O)C[C@@H]2OP(O)N(CCC#N)N(C(C)C)C(C)C)(c2ccccc2)c2ccccc2)cc1. The highest BCUT2D eigenvalue weighted by molar-refractivity contribution is 7.43. The molecule has 51 heavy (non-hydrogen) atoms. The zero-order chi connectivity index (χ0) is 36.5. The summed E-state index contributed by atoms with van der Waals surface area (Å²) in [6.45, 7) is 8.62. The van der Waals surface area contributed by atoms with E-state index < -0.39 is 43.7 Å². The van der Waals surface area contributed by atoms with Crippen LogP contribution in [0.25, 0.3) is 0 Å². The van der Waals surface area contributed by atoms with Crippen LogP contribution in [0.5, 0.6) is 5.75 Å². The number of hydrogen-bond donors (Lipinski definition) is 3. The minimum Gasteiger partial charge on any atom is -0.497 e. The highest BCUT2D eigenvalue weighted by Gasteiger charge is 2.44. The number of nitriles is 1. The third-order valence-electron chi connectivity index (χ3n) is 9.02. The number of aromatic amines is 1. The molecular formula is C38H47N6O6P. The number of nitrogens with one attached hydrogen (secondary N) is 2. The minimum atomic E-state index is -2.23. The molecule has 13 heteroatoms. The van der Waals surface area contributed by atoms with Gasteiger partial charge in [0, 0.05) is 50.3 Å². The molecule has 12 nitrogen and oxygen atoms in total. The molecule has 2 heterocycles. The fourth-order valence-electron chi connectivity index (χ4n) is 6.84. The van der Waals surface area contributed by atoms with E-state index in [1.165, 1.54) is 16.8 Å². The van der Waals surface area contributed by atoms with Crippen LogP contribution in [0.3, 0.4) is 0 Å². The molecule has 3 N–H and O–H groups in total. The van der Waals surface area contributed by atoms with Gasteiger partial charge in [-0.3, -0.25) is 19.7 Å². The fourth-order valence-corrected chi connectivity index (χ4v) is 8.27. The molecule has 0 bridgehead atoms. The summed E-state index contributed by atoms with van der Waals surface area (Å²) >= 11 is 0. The zero-order valence-electron chi connectivity index (χ0n) is 29.7. The molecule has 1 fully saturated rings. The van der Waals surface area contributed by atoms with Crippen molar-refractivity contribution in [2.75, 3.05) is 20.2 Å². The average molecular weight is 715 g/mol. The van der Waals surface area contributed by atoms with Crippen LogP contribution in [0.15, 0.2) is 107 Å². The van der Waals surface area contributed by atoms with Gasteiger partial charge >= 0.3 is 5.69 Å². The van der Waals surface area contributed by atoms with E-state index in [0.29, 0.717) is 0 Å². The first-order valence-electron chi connectivity index (χ1n) is 17.1. The van der Waals surface area contributed by atoms with Gasteiger partial charge in [-0.2, -0.15) is 10.0 Å². The van der Waals surface area contributed by atoms with Gasteiger partial charge in [-0.1, -0.05) is 72.8 Å². The van der Waals surface area contributed by atoms with Crippen molar-refractivity contribution < 1.29 is 18.9 Å². The second-order valence-corrected chi connectivity index (χ2v) is 14.1. The zero-order valence-corrected chi connectivity index (χ0v) is 30.6. The van der Waals surface area contributed by atoms with Crippen molar-refractivity contribution in [3.63, 3.8) is 0 Å². The fraction of sp³-hybridized carbons (Fsp3) is 0.395. The van der Waals surface area contributed by atoms with Gasteiger partial charge in [0.05, 0.1) is 30.9 Å². The van der Waals surface area contributed by atoms with E-state index in [1.54, 1.807) is 11.9 Å². The van der Waals surface area contributed by atoms with Crippen LogP contribution >= 0.6 is 8.53 Å². The van der Waals surface area contributed by atoms with Crippen molar-refractivity contribution in [2.24, 2.45) is 0 Å². The largest absolute Gasteiger partial charge is 0.497 e. The predicted octanol–water partition coefficient (Wildman–Crippen LogP) is 5.27.